The van der Waals surface area contributed by atoms with Crippen molar-refractivity contribution in [2.45, 2.75) is 0 Å². The van der Waals surface area contributed by atoms with Crippen LogP contribution >= 0.6 is 0 Å². The largest absolute Gasteiger partial charge is 0.372 e. The topological polar surface area (TPSA) is 106 Å². The number of hydrogen-bond acceptors (Lipinski definition) is 5. The number of rotatable bonds is 7. The number of nitrogens with zero attached hydrogens (tertiary/aromatic N) is 1. The van der Waals surface area contributed by atoms with E-state index in [4.69, 9.17) is 10.5 Å². The minimum Gasteiger partial charge on any atom is -0.372 e. The molecule has 0 unspecified atom stereocenters. The maximum Gasteiger partial charge on any atom is 0.255 e. The molecule has 0 saturated carbocycles. The van der Waals surface area contributed by atoms with Crippen LogP contribution in [0.3, 0.4) is 0 Å². The molecule has 1 heterocycles. The first-order valence-corrected chi connectivity index (χ1v) is 5.42. The number of carbonyl (C=O) groups excluding carboxylic acids is 2. The molecule has 1 aromatic heterocycles. The van der Waals surface area contributed by atoms with Gasteiger partial charge in [0.2, 0.25) is 5.91 Å². The van der Waals surface area contributed by atoms with E-state index < -0.39 is 5.91 Å². The van der Waals surface area contributed by atoms with Crippen LogP contribution in [0.1, 0.15) is 10.4 Å². The van der Waals surface area contributed by atoms with E-state index in [-0.39, 0.29) is 19.1 Å². The fraction of sp³-hybridized carbons (Fsp3) is 0.364. The highest BCUT2D eigenvalue weighted by atomic mass is 16.5. The third kappa shape index (κ3) is 4.38. The average Bonchev–Trinajstić information content (AvgIpc) is 2.37. The molecule has 0 aliphatic rings. The lowest BCUT2D eigenvalue weighted by Gasteiger charge is -2.08. The third-order valence-corrected chi connectivity index (χ3v) is 2.07. The highest BCUT2D eigenvalue weighted by Gasteiger charge is 2.10. The molecule has 1 aromatic rings. The Morgan fingerprint density at radius 1 is 1.50 bits per heavy atom. The first-order chi connectivity index (χ1) is 8.65. The summed E-state index contributed by atoms with van der Waals surface area (Å²) >= 11 is 0. The summed E-state index contributed by atoms with van der Waals surface area (Å²) in [6.07, 6.45) is 1.60. The zero-order chi connectivity index (χ0) is 13.4. The summed E-state index contributed by atoms with van der Waals surface area (Å²) < 4.78 is 4.92. The number of anilines is 1. The summed E-state index contributed by atoms with van der Waals surface area (Å²) in [7, 11) is 1.69. The van der Waals surface area contributed by atoms with Crippen LogP contribution in [0.25, 0.3) is 0 Å². The molecular weight excluding hydrogens is 236 g/mol. The van der Waals surface area contributed by atoms with Crippen LogP contribution in [0.2, 0.25) is 0 Å². The lowest BCUT2D eigenvalue weighted by atomic mass is 10.2. The van der Waals surface area contributed by atoms with Gasteiger partial charge in [-0.05, 0) is 12.1 Å². The van der Waals surface area contributed by atoms with Crippen LogP contribution in [0.5, 0.6) is 0 Å². The van der Waals surface area contributed by atoms with Gasteiger partial charge in [0.15, 0.2) is 0 Å². The van der Waals surface area contributed by atoms with E-state index >= 15 is 0 Å². The van der Waals surface area contributed by atoms with E-state index in [1.165, 1.54) is 0 Å². The zero-order valence-corrected chi connectivity index (χ0v) is 10.1. The van der Waals surface area contributed by atoms with Crippen molar-refractivity contribution in [2.24, 2.45) is 5.73 Å². The molecule has 18 heavy (non-hydrogen) atoms. The fourth-order valence-corrected chi connectivity index (χ4v) is 1.29. The molecule has 0 spiro atoms. The number of carbonyl (C=O) groups is 2. The van der Waals surface area contributed by atoms with E-state index in [1.807, 2.05) is 0 Å². The standard InChI is InChI=1S/C11H16N4O3/c1-13-10-8(3-2-4-14-10)11(17)15-5-6-18-7-9(12)16/h2-4H,5-7H2,1H3,(H2,12,16)(H,13,14)(H,15,17). The van der Waals surface area contributed by atoms with Crippen molar-refractivity contribution in [1.82, 2.24) is 10.3 Å². The summed E-state index contributed by atoms with van der Waals surface area (Å²) in [6.45, 7) is 0.374. The van der Waals surface area contributed by atoms with Crippen molar-refractivity contribution in [3.8, 4) is 0 Å². The number of primary amides is 1. The average molecular weight is 252 g/mol. The molecule has 98 valence electrons. The summed E-state index contributed by atoms with van der Waals surface area (Å²) in [5.74, 6) is -0.283. The minimum absolute atomic E-state index is 0.148. The molecule has 7 nitrogen and oxygen atoms in total. The van der Waals surface area contributed by atoms with Crippen LogP contribution in [-0.2, 0) is 9.53 Å². The monoisotopic (exact) mass is 252 g/mol. The molecule has 0 aromatic carbocycles. The van der Waals surface area contributed by atoms with E-state index in [0.29, 0.717) is 17.9 Å². The number of ether oxygens (including phenoxy) is 1. The molecule has 0 aliphatic heterocycles. The second-order valence-electron chi connectivity index (χ2n) is 3.42. The van der Waals surface area contributed by atoms with Gasteiger partial charge in [-0.2, -0.15) is 0 Å². The molecule has 7 heteroatoms. The normalized spacial score (nSPS) is 9.83. The van der Waals surface area contributed by atoms with Gasteiger partial charge in [0, 0.05) is 19.8 Å². The Hall–Kier alpha value is -2.15. The SMILES string of the molecule is CNc1ncccc1C(=O)NCCOCC(N)=O. The van der Waals surface area contributed by atoms with Gasteiger partial charge in [-0.15, -0.1) is 0 Å². The molecule has 0 atom stereocenters. The molecule has 4 N–H and O–H groups in total. The van der Waals surface area contributed by atoms with Gasteiger partial charge >= 0.3 is 0 Å². The lowest BCUT2D eigenvalue weighted by Crippen LogP contribution is -2.29. The van der Waals surface area contributed by atoms with Crippen LogP contribution in [0.4, 0.5) is 5.82 Å². The smallest absolute Gasteiger partial charge is 0.255 e. The van der Waals surface area contributed by atoms with Gasteiger partial charge in [-0.1, -0.05) is 0 Å². The maximum absolute atomic E-state index is 11.8. The summed E-state index contributed by atoms with van der Waals surface area (Å²) in [4.78, 5) is 26.2. The Bertz CT molecular complexity index is 423. The Labute approximate surface area is 105 Å². The Morgan fingerprint density at radius 3 is 2.94 bits per heavy atom. The van der Waals surface area contributed by atoms with E-state index in [0.717, 1.165) is 0 Å². The molecular formula is C11H16N4O3. The summed E-state index contributed by atoms with van der Waals surface area (Å²) in [5.41, 5.74) is 5.35. The predicted octanol–water partition coefficient (Wildman–Crippen LogP) is -0.645. The number of aromatic nitrogens is 1. The zero-order valence-electron chi connectivity index (χ0n) is 10.1. The predicted molar refractivity (Wildman–Crippen MR) is 66.1 cm³/mol. The van der Waals surface area contributed by atoms with Crippen LogP contribution in [-0.4, -0.2) is 43.6 Å². The first kappa shape index (κ1) is 13.9. The fourth-order valence-electron chi connectivity index (χ4n) is 1.29. The summed E-state index contributed by atoms with van der Waals surface area (Å²) in [5, 5.41) is 5.48. The van der Waals surface area contributed by atoms with Crippen LogP contribution in [0.15, 0.2) is 18.3 Å². The molecule has 0 bridgehead atoms. The van der Waals surface area contributed by atoms with Crippen molar-refractivity contribution >= 4 is 17.6 Å². The Kier molecular flexibility index (Phi) is 5.59. The van der Waals surface area contributed by atoms with Gasteiger partial charge < -0.3 is 21.1 Å². The Balaban J connectivity index is 2.38. The third-order valence-electron chi connectivity index (χ3n) is 2.07. The second-order valence-corrected chi connectivity index (χ2v) is 3.42. The van der Waals surface area contributed by atoms with Gasteiger partial charge in [-0.25, -0.2) is 4.98 Å². The number of nitrogens with two attached hydrogens (primary N) is 1. The van der Waals surface area contributed by atoms with Crippen LogP contribution in [0, 0.1) is 0 Å². The van der Waals surface area contributed by atoms with E-state index in [1.54, 1.807) is 25.4 Å². The summed E-state index contributed by atoms with van der Waals surface area (Å²) in [6, 6.07) is 3.35. The second kappa shape index (κ2) is 7.23. The van der Waals surface area contributed by atoms with Gasteiger partial charge in [0.25, 0.3) is 5.91 Å². The van der Waals surface area contributed by atoms with Gasteiger partial charge in [0.05, 0.1) is 12.2 Å². The van der Waals surface area contributed by atoms with E-state index in [2.05, 4.69) is 15.6 Å². The molecule has 0 aliphatic carbocycles. The van der Waals surface area contributed by atoms with Crippen molar-refractivity contribution in [1.29, 1.82) is 0 Å². The molecule has 0 radical (unpaired) electrons. The minimum atomic E-state index is -0.536. The Morgan fingerprint density at radius 2 is 2.28 bits per heavy atom. The molecule has 1 rings (SSSR count). The highest BCUT2D eigenvalue weighted by molar-refractivity contribution is 5.98. The van der Waals surface area contributed by atoms with E-state index in [9.17, 15) is 9.59 Å². The number of hydrogen-bond donors (Lipinski definition) is 3. The quantitative estimate of drug-likeness (QED) is 0.559. The van der Waals surface area contributed by atoms with Gasteiger partial charge in [0.1, 0.15) is 12.4 Å². The van der Waals surface area contributed by atoms with Crippen molar-refractivity contribution in [2.75, 3.05) is 32.1 Å². The van der Waals surface area contributed by atoms with Crippen molar-refractivity contribution in [3.63, 3.8) is 0 Å². The number of amides is 2. The molecule has 0 fully saturated rings. The molecule has 2 amide bonds. The van der Waals surface area contributed by atoms with Gasteiger partial charge in [-0.3, -0.25) is 9.59 Å². The molecule has 0 saturated heterocycles. The lowest BCUT2D eigenvalue weighted by molar-refractivity contribution is -0.122. The maximum atomic E-state index is 11.8. The van der Waals surface area contributed by atoms with Crippen molar-refractivity contribution in [3.05, 3.63) is 23.9 Å². The number of nitrogens with one attached hydrogen (secondary N) is 2. The highest BCUT2D eigenvalue weighted by Crippen LogP contribution is 2.09. The van der Waals surface area contributed by atoms with Crippen molar-refractivity contribution < 1.29 is 14.3 Å². The first-order valence-electron chi connectivity index (χ1n) is 5.42. The number of pyridine rings is 1. The van der Waals surface area contributed by atoms with Crippen LogP contribution < -0.4 is 16.4 Å².